The fraction of sp³-hybridized carbons (Fsp3) is 0.381. The quantitative estimate of drug-likeness (QED) is 0.600. The molecular weight excluding hydrogens is 419 g/mol. The average Bonchev–Trinajstić information content (AvgIpc) is 3.16. The van der Waals surface area contributed by atoms with Gasteiger partial charge in [-0.3, -0.25) is 4.90 Å². The van der Waals surface area contributed by atoms with Crippen LogP contribution >= 0.6 is 0 Å². The summed E-state index contributed by atoms with van der Waals surface area (Å²) >= 11 is 0. The Morgan fingerprint density at radius 2 is 1.58 bits per heavy atom. The van der Waals surface area contributed by atoms with Gasteiger partial charge in [-0.15, -0.1) is 5.10 Å². The third-order valence-electron chi connectivity index (χ3n) is 5.50. The largest absolute Gasteiger partial charge is 0.293 e. The van der Waals surface area contributed by atoms with E-state index >= 15 is 0 Å². The SMILES string of the molecule is Cc1cc(C)c(S(=O)(=O)N2CCN(Cc3nnnn3-c3ccc(F)cc3)CC2)c(C)c1. The van der Waals surface area contributed by atoms with Crippen LogP contribution in [0.5, 0.6) is 0 Å². The molecule has 1 aliphatic heterocycles. The van der Waals surface area contributed by atoms with E-state index in [1.807, 2.05) is 32.9 Å². The van der Waals surface area contributed by atoms with Crippen LogP contribution in [-0.4, -0.2) is 64.0 Å². The Hall–Kier alpha value is -2.69. The van der Waals surface area contributed by atoms with Crippen LogP contribution in [0.4, 0.5) is 4.39 Å². The van der Waals surface area contributed by atoms with E-state index in [-0.39, 0.29) is 5.82 Å². The lowest BCUT2D eigenvalue weighted by Crippen LogP contribution is -2.48. The standard InChI is InChI=1S/C21H25FN6O2S/c1-15-12-16(2)21(17(3)13-15)31(29,30)27-10-8-26(9-11-27)14-20-23-24-25-28(20)19-6-4-18(22)5-7-19/h4-7,12-13H,8-11,14H2,1-3H3. The van der Waals surface area contributed by atoms with Crippen molar-refractivity contribution in [1.29, 1.82) is 0 Å². The molecular formula is C21H25FN6O2S. The first-order valence-electron chi connectivity index (χ1n) is 10.1. The minimum absolute atomic E-state index is 0.324. The lowest BCUT2D eigenvalue weighted by atomic mass is 10.1. The van der Waals surface area contributed by atoms with E-state index < -0.39 is 10.0 Å². The number of rotatable bonds is 5. The molecule has 31 heavy (non-hydrogen) atoms. The number of aromatic nitrogens is 4. The van der Waals surface area contributed by atoms with Gasteiger partial charge in [-0.1, -0.05) is 17.7 Å². The fourth-order valence-corrected chi connectivity index (χ4v) is 5.95. The Labute approximate surface area is 181 Å². The van der Waals surface area contributed by atoms with Crippen molar-refractivity contribution in [2.75, 3.05) is 26.2 Å². The van der Waals surface area contributed by atoms with Gasteiger partial charge in [0.2, 0.25) is 10.0 Å². The normalized spacial score (nSPS) is 16.0. The fourth-order valence-electron chi connectivity index (χ4n) is 4.12. The Morgan fingerprint density at radius 3 is 2.19 bits per heavy atom. The number of benzene rings is 2. The number of halogens is 1. The minimum Gasteiger partial charge on any atom is -0.293 e. The maximum absolute atomic E-state index is 13.3. The number of hydrogen-bond acceptors (Lipinski definition) is 6. The molecule has 1 aliphatic rings. The lowest BCUT2D eigenvalue weighted by Gasteiger charge is -2.34. The number of hydrogen-bond donors (Lipinski definition) is 0. The van der Waals surface area contributed by atoms with Crippen LogP contribution in [0.15, 0.2) is 41.3 Å². The maximum atomic E-state index is 13.3. The third-order valence-corrected chi connectivity index (χ3v) is 7.71. The van der Waals surface area contributed by atoms with Gasteiger partial charge < -0.3 is 0 Å². The predicted octanol–water partition coefficient (Wildman–Crippen LogP) is 2.23. The van der Waals surface area contributed by atoms with E-state index in [1.165, 1.54) is 12.1 Å². The molecule has 0 saturated carbocycles. The molecule has 0 spiro atoms. The summed E-state index contributed by atoms with van der Waals surface area (Å²) in [6.07, 6.45) is 0. The van der Waals surface area contributed by atoms with Gasteiger partial charge in [0.25, 0.3) is 0 Å². The van der Waals surface area contributed by atoms with Gasteiger partial charge in [0.05, 0.1) is 17.1 Å². The molecule has 2 aromatic carbocycles. The van der Waals surface area contributed by atoms with Crippen molar-refractivity contribution in [2.24, 2.45) is 0 Å². The molecule has 1 saturated heterocycles. The summed E-state index contributed by atoms with van der Waals surface area (Å²) in [5.74, 6) is 0.294. The molecule has 1 fully saturated rings. The van der Waals surface area contributed by atoms with Crippen LogP contribution in [-0.2, 0) is 16.6 Å². The summed E-state index contributed by atoms with van der Waals surface area (Å²) in [6, 6.07) is 9.77. The molecule has 2 heterocycles. The van der Waals surface area contributed by atoms with Crippen molar-refractivity contribution in [3.63, 3.8) is 0 Å². The highest BCUT2D eigenvalue weighted by molar-refractivity contribution is 7.89. The topological polar surface area (TPSA) is 84.2 Å². The molecule has 0 unspecified atom stereocenters. The second kappa shape index (κ2) is 8.45. The molecule has 1 aromatic heterocycles. The summed E-state index contributed by atoms with van der Waals surface area (Å²) in [5, 5.41) is 11.8. The maximum Gasteiger partial charge on any atom is 0.243 e. The molecule has 0 amide bonds. The summed E-state index contributed by atoms with van der Waals surface area (Å²) in [5.41, 5.74) is 3.28. The highest BCUT2D eigenvalue weighted by Crippen LogP contribution is 2.26. The van der Waals surface area contributed by atoms with E-state index in [2.05, 4.69) is 20.4 Å². The highest BCUT2D eigenvalue weighted by Gasteiger charge is 2.31. The lowest BCUT2D eigenvalue weighted by molar-refractivity contribution is 0.177. The van der Waals surface area contributed by atoms with Crippen LogP contribution in [0, 0.1) is 26.6 Å². The van der Waals surface area contributed by atoms with Crippen LogP contribution in [0.3, 0.4) is 0 Å². The second-order valence-corrected chi connectivity index (χ2v) is 9.77. The van der Waals surface area contributed by atoms with Gasteiger partial charge in [-0.25, -0.2) is 12.8 Å². The van der Waals surface area contributed by atoms with Crippen LogP contribution in [0.25, 0.3) is 5.69 Å². The van der Waals surface area contributed by atoms with Crippen LogP contribution in [0.2, 0.25) is 0 Å². The Balaban J connectivity index is 1.46. The van der Waals surface area contributed by atoms with Gasteiger partial charge in [0.15, 0.2) is 5.82 Å². The molecule has 0 N–H and O–H groups in total. The van der Waals surface area contributed by atoms with Gasteiger partial charge in [-0.2, -0.15) is 8.99 Å². The number of sulfonamides is 1. The number of nitrogens with zero attached hydrogens (tertiary/aromatic N) is 6. The predicted molar refractivity (Wildman–Crippen MR) is 114 cm³/mol. The Morgan fingerprint density at radius 1 is 0.968 bits per heavy atom. The van der Waals surface area contributed by atoms with Crippen molar-refractivity contribution < 1.29 is 12.8 Å². The molecule has 0 bridgehead atoms. The number of tetrazole rings is 1. The zero-order valence-electron chi connectivity index (χ0n) is 17.8. The van der Waals surface area contributed by atoms with Gasteiger partial charge >= 0.3 is 0 Å². The van der Waals surface area contributed by atoms with Crippen molar-refractivity contribution in [3.8, 4) is 5.69 Å². The minimum atomic E-state index is -3.56. The third kappa shape index (κ3) is 4.36. The first-order chi connectivity index (χ1) is 14.8. The van der Waals surface area contributed by atoms with Crippen molar-refractivity contribution in [1.82, 2.24) is 29.4 Å². The molecule has 0 atom stereocenters. The Bertz CT molecular complexity index is 1160. The molecule has 10 heteroatoms. The number of aryl methyl sites for hydroxylation is 3. The average molecular weight is 445 g/mol. The molecule has 4 rings (SSSR count). The molecule has 164 valence electrons. The summed E-state index contributed by atoms with van der Waals surface area (Å²) in [4.78, 5) is 2.53. The molecule has 8 nitrogen and oxygen atoms in total. The zero-order chi connectivity index (χ0) is 22.2. The zero-order valence-corrected chi connectivity index (χ0v) is 18.6. The summed E-state index contributed by atoms with van der Waals surface area (Å²) in [6.45, 7) is 8.06. The second-order valence-electron chi connectivity index (χ2n) is 7.89. The summed E-state index contributed by atoms with van der Waals surface area (Å²) in [7, 11) is -3.56. The van der Waals surface area contributed by atoms with E-state index in [1.54, 1.807) is 21.1 Å². The van der Waals surface area contributed by atoms with Crippen molar-refractivity contribution in [2.45, 2.75) is 32.2 Å². The van der Waals surface area contributed by atoms with E-state index in [9.17, 15) is 12.8 Å². The molecule has 3 aromatic rings. The van der Waals surface area contributed by atoms with E-state index in [0.717, 1.165) is 16.7 Å². The van der Waals surface area contributed by atoms with Gasteiger partial charge in [0, 0.05) is 26.2 Å². The number of piperazine rings is 1. The highest BCUT2D eigenvalue weighted by atomic mass is 32.2. The van der Waals surface area contributed by atoms with Crippen molar-refractivity contribution in [3.05, 3.63) is 64.7 Å². The van der Waals surface area contributed by atoms with Crippen LogP contribution < -0.4 is 0 Å². The van der Waals surface area contributed by atoms with E-state index in [0.29, 0.717) is 49.1 Å². The monoisotopic (exact) mass is 444 g/mol. The first kappa shape index (κ1) is 21.5. The smallest absolute Gasteiger partial charge is 0.243 e. The van der Waals surface area contributed by atoms with Gasteiger partial charge in [0.1, 0.15) is 5.82 Å². The van der Waals surface area contributed by atoms with E-state index in [4.69, 9.17) is 0 Å². The van der Waals surface area contributed by atoms with Crippen molar-refractivity contribution >= 4 is 10.0 Å². The first-order valence-corrected chi connectivity index (χ1v) is 11.5. The molecule has 0 radical (unpaired) electrons. The van der Waals surface area contributed by atoms with Crippen LogP contribution in [0.1, 0.15) is 22.5 Å². The molecule has 0 aliphatic carbocycles. The Kier molecular flexibility index (Phi) is 5.87. The summed E-state index contributed by atoms with van der Waals surface area (Å²) < 4.78 is 42.9. The van der Waals surface area contributed by atoms with Gasteiger partial charge in [-0.05, 0) is 66.6 Å².